The van der Waals surface area contributed by atoms with Crippen LogP contribution in [0.2, 0.25) is 0 Å². The molecular formula is C11H14FNO. The van der Waals surface area contributed by atoms with Gasteiger partial charge in [-0.05, 0) is 17.7 Å². The predicted octanol–water partition coefficient (Wildman–Crippen LogP) is 1.55. The molecule has 1 aromatic carbocycles. The fraction of sp³-hybridized carbons (Fsp3) is 0.455. The molecule has 14 heavy (non-hydrogen) atoms. The first-order valence-corrected chi connectivity index (χ1v) is 4.74. The van der Waals surface area contributed by atoms with Gasteiger partial charge in [0, 0.05) is 19.5 Å². The van der Waals surface area contributed by atoms with E-state index >= 15 is 0 Å². The Kier molecular flexibility index (Phi) is 2.42. The highest BCUT2D eigenvalue weighted by Crippen LogP contribution is 2.23. The summed E-state index contributed by atoms with van der Waals surface area (Å²) in [5.74, 6) is 0.813. The Bertz CT molecular complexity index is 306. The summed E-state index contributed by atoms with van der Waals surface area (Å²) in [4.78, 5) is 0. The Balaban J connectivity index is 2.02. The normalized spacial score (nSPS) is 18.7. The van der Waals surface area contributed by atoms with Crippen molar-refractivity contribution in [2.45, 2.75) is 12.1 Å². The van der Waals surface area contributed by atoms with Crippen molar-refractivity contribution in [1.82, 2.24) is 5.32 Å². The van der Waals surface area contributed by atoms with Crippen LogP contribution in [0.1, 0.15) is 5.56 Å². The summed E-state index contributed by atoms with van der Waals surface area (Å²) < 4.78 is 18.7. The third-order valence-electron chi connectivity index (χ3n) is 2.56. The molecule has 0 spiro atoms. The second kappa shape index (κ2) is 3.58. The lowest BCUT2D eigenvalue weighted by Crippen LogP contribution is -2.57. The van der Waals surface area contributed by atoms with Crippen LogP contribution < -0.4 is 10.1 Å². The standard InChI is InChI=1S/C11H14FNO/c1-14-10-4-2-9(3-5-10)6-11(12)7-13-8-11/h2-5,13H,6-8H2,1H3. The van der Waals surface area contributed by atoms with Crippen molar-refractivity contribution in [2.75, 3.05) is 20.2 Å². The van der Waals surface area contributed by atoms with Crippen LogP contribution in [0.15, 0.2) is 24.3 Å². The summed E-state index contributed by atoms with van der Waals surface area (Å²) in [6.07, 6.45) is 0.490. The van der Waals surface area contributed by atoms with Crippen molar-refractivity contribution < 1.29 is 9.13 Å². The lowest BCUT2D eigenvalue weighted by atomic mass is 9.91. The molecule has 1 saturated heterocycles. The van der Waals surface area contributed by atoms with Crippen LogP contribution in [0.5, 0.6) is 5.75 Å². The molecule has 1 aliphatic rings. The fourth-order valence-corrected chi connectivity index (χ4v) is 1.63. The molecule has 0 aliphatic carbocycles. The minimum atomic E-state index is -1.03. The van der Waals surface area contributed by atoms with Gasteiger partial charge in [-0.3, -0.25) is 0 Å². The van der Waals surface area contributed by atoms with Crippen molar-refractivity contribution in [1.29, 1.82) is 0 Å². The average Bonchev–Trinajstić information content (AvgIpc) is 2.17. The van der Waals surface area contributed by atoms with Crippen LogP contribution in [0.25, 0.3) is 0 Å². The molecule has 0 unspecified atom stereocenters. The predicted molar refractivity (Wildman–Crippen MR) is 53.4 cm³/mol. The van der Waals surface area contributed by atoms with Crippen molar-refractivity contribution >= 4 is 0 Å². The minimum absolute atomic E-state index is 0.471. The Morgan fingerprint density at radius 3 is 2.43 bits per heavy atom. The molecule has 1 aromatic rings. The molecule has 0 bridgehead atoms. The average molecular weight is 195 g/mol. The second-order valence-corrected chi connectivity index (χ2v) is 3.78. The number of alkyl halides is 1. The molecule has 0 atom stereocenters. The van der Waals surface area contributed by atoms with Gasteiger partial charge < -0.3 is 10.1 Å². The van der Waals surface area contributed by atoms with Gasteiger partial charge in [0.25, 0.3) is 0 Å². The Morgan fingerprint density at radius 1 is 1.36 bits per heavy atom. The molecule has 0 radical (unpaired) electrons. The molecule has 1 fully saturated rings. The van der Waals surface area contributed by atoms with Crippen LogP contribution in [0.4, 0.5) is 4.39 Å². The van der Waals surface area contributed by atoms with E-state index < -0.39 is 5.67 Å². The number of halogens is 1. The number of nitrogens with one attached hydrogen (secondary N) is 1. The SMILES string of the molecule is COc1ccc(CC2(F)CNC2)cc1. The first kappa shape index (κ1) is 9.46. The maximum Gasteiger partial charge on any atom is 0.139 e. The number of methoxy groups -OCH3 is 1. The third-order valence-corrected chi connectivity index (χ3v) is 2.56. The van der Waals surface area contributed by atoms with E-state index in [0.29, 0.717) is 19.5 Å². The summed E-state index contributed by atoms with van der Waals surface area (Å²) >= 11 is 0. The number of ether oxygens (including phenoxy) is 1. The van der Waals surface area contributed by atoms with E-state index in [2.05, 4.69) is 5.32 Å². The summed E-state index contributed by atoms with van der Waals surface area (Å²) in [5, 5.41) is 2.94. The molecule has 2 rings (SSSR count). The van der Waals surface area contributed by atoms with E-state index in [0.717, 1.165) is 11.3 Å². The molecule has 0 amide bonds. The van der Waals surface area contributed by atoms with Crippen molar-refractivity contribution in [2.24, 2.45) is 0 Å². The van der Waals surface area contributed by atoms with Crippen LogP contribution in [0, 0.1) is 0 Å². The lowest BCUT2D eigenvalue weighted by molar-refractivity contribution is 0.0912. The first-order valence-electron chi connectivity index (χ1n) is 4.74. The van der Waals surface area contributed by atoms with E-state index in [1.54, 1.807) is 7.11 Å². The zero-order chi connectivity index (χ0) is 10.0. The van der Waals surface area contributed by atoms with Crippen LogP contribution in [-0.2, 0) is 6.42 Å². The highest BCUT2D eigenvalue weighted by Gasteiger charge is 2.36. The van der Waals surface area contributed by atoms with Gasteiger partial charge in [0.05, 0.1) is 7.11 Å². The number of hydrogen-bond acceptors (Lipinski definition) is 2. The zero-order valence-corrected chi connectivity index (χ0v) is 8.22. The van der Waals surface area contributed by atoms with Gasteiger partial charge in [0.2, 0.25) is 0 Å². The summed E-state index contributed by atoms with van der Waals surface area (Å²) in [7, 11) is 1.63. The summed E-state index contributed by atoms with van der Waals surface area (Å²) in [6, 6.07) is 7.56. The maximum absolute atomic E-state index is 13.7. The number of benzene rings is 1. The molecule has 76 valence electrons. The topological polar surface area (TPSA) is 21.3 Å². The van der Waals surface area contributed by atoms with E-state index in [1.807, 2.05) is 24.3 Å². The molecule has 0 aromatic heterocycles. The molecule has 3 heteroatoms. The van der Waals surface area contributed by atoms with Crippen molar-refractivity contribution in [3.8, 4) is 5.75 Å². The van der Waals surface area contributed by atoms with Crippen LogP contribution in [0.3, 0.4) is 0 Å². The Morgan fingerprint density at radius 2 is 2.00 bits per heavy atom. The fourth-order valence-electron chi connectivity index (χ4n) is 1.63. The highest BCUT2D eigenvalue weighted by atomic mass is 19.1. The third kappa shape index (κ3) is 1.87. The van der Waals surface area contributed by atoms with Gasteiger partial charge in [-0.25, -0.2) is 4.39 Å². The molecule has 2 nitrogen and oxygen atoms in total. The summed E-state index contributed by atoms with van der Waals surface area (Å²) in [5.41, 5.74) is -0.0102. The molecule has 1 N–H and O–H groups in total. The largest absolute Gasteiger partial charge is 0.497 e. The number of hydrogen-bond donors (Lipinski definition) is 1. The van der Waals surface area contributed by atoms with Gasteiger partial charge in [-0.1, -0.05) is 12.1 Å². The maximum atomic E-state index is 13.7. The van der Waals surface area contributed by atoms with Crippen molar-refractivity contribution in [3.05, 3.63) is 29.8 Å². The van der Waals surface area contributed by atoms with Gasteiger partial charge >= 0.3 is 0 Å². The zero-order valence-electron chi connectivity index (χ0n) is 8.22. The summed E-state index contributed by atoms with van der Waals surface area (Å²) in [6.45, 7) is 0.943. The van der Waals surface area contributed by atoms with Crippen LogP contribution in [-0.4, -0.2) is 25.9 Å². The highest BCUT2D eigenvalue weighted by molar-refractivity contribution is 5.28. The van der Waals surface area contributed by atoms with E-state index in [4.69, 9.17) is 4.74 Å². The minimum Gasteiger partial charge on any atom is -0.497 e. The Labute approximate surface area is 83.1 Å². The van der Waals surface area contributed by atoms with E-state index in [9.17, 15) is 4.39 Å². The molecule has 1 heterocycles. The first-order chi connectivity index (χ1) is 6.72. The van der Waals surface area contributed by atoms with E-state index in [-0.39, 0.29) is 0 Å². The van der Waals surface area contributed by atoms with Crippen LogP contribution >= 0.6 is 0 Å². The van der Waals surface area contributed by atoms with Gasteiger partial charge in [0.15, 0.2) is 0 Å². The monoisotopic (exact) mass is 195 g/mol. The quantitative estimate of drug-likeness (QED) is 0.790. The van der Waals surface area contributed by atoms with Gasteiger partial charge in [-0.15, -0.1) is 0 Å². The lowest BCUT2D eigenvalue weighted by Gasteiger charge is -2.35. The number of rotatable bonds is 3. The van der Waals surface area contributed by atoms with Crippen molar-refractivity contribution in [3.63, 3.8) is 0 Å². The van der Waals surface area contributed by atoms with Gasteiger partial charge in [0.1, 0.15) is 11.4 Å². The molecule has 1 aliphatic heterocycles. The second-order valence-electron chi connectivity index (χ2n) is 3.78. The smallest absolute Gasteiger partial charge is 0.139 e. The molecule has 0 saturated carbocycles. The molecular weight excluding hydrogens is 181 g/mol. The van der Waals surface area contributed by atoms with Gasteiger partial charge in [-0.2, -0.15) is 0 Å². The van der Waals surface area contributed by atoms with E-state index in [1.165, 1.54) is 0 Å². The Hall–Kier alpha value is -1.09.